The fourth-order valence-corrected chi connectivity index (χ4v) is 2.86. The van der Waals surface area contributed by atoms with Crippen LogP contribution in [0.3, 0.4) is 0 Å². The van der Waals surface area contributed by atoms with E-state index >= 15 is 0 Å². The smallest absolute Gasteiger partial charge is 0.337 e. The zero-order valence-electron chi connectivity index (χ0n) is 12.6. The molecule has 0 bridgehead atoms. The lowest BCUT2D eigenvalue weighted by atomic mass is 9.61. The molecular formula is C14H24O7. The van der Waals surface area contributed by atoms with Crippen LogP contribution in [-0.4, -0.2) is 43.9 Å². The second kappa shape index (κ2) is 7.40. The number of aliphatic carboxylic acids is 3. The predicted octanol–water partition coefficient (Wildman–Crippen LogP) is 1.58. The van der Waals surface area contributed by atoms with Crippen molar-refractivity contribution >= 4 is 17.9 Å². The molecule has 0 fully saturated rings. The Morgan fingerprint density at radius 1 is 0.952 bits per heavy atom. The number of carboxylic acids is 3. The lowest BCUT2D eigenvalue weighted by Gasteiger charge is -2.43. The summed E-state index contributed by atoms with van der Waals surface area (Å²) in [5, 5.41) is 38.8. The van der Waals surface area contributed by atoms with Crippen LogP contribution in [0.5, 0.6) is 0 Å². The highest BCUT2D eigenvalue weighted by atomic mass is 16.4. The van der Waals surface area contributed by atoms with Crippen molar-refractivity contribution in [2.45, 2.75) is 58.5 Å². The largest absolute Gasteiger partial charge is 0.481 e. The third kappa shape index (κ3) is 3.18. The van der Waals surface area contributed by atoms with Crippen LogP contribution in [0.15, 0.2) is 0 Å². The maximum atomic E-state index is 11.6. The molecule has 7 nitrogen and oxygen atoms in total. The van der Waals surface area contributed by atoms with Gasteiger partial charge in [0.15, 0.2) is 5.60 Å². The van der Waals surface area contributed by atoms with Gasteiger partial charge in [-0.05, 0) is 19.3 Å². The molecule has 0 aliphatic rings. The summed E-state index contributed by atoms with van der Waals surface area (Å²) in [6.45, 7) is 4.66. The first-order valence-electron chi connectivity index (χ1n) is 7.07. The first-order valence-corrected chi connectivity index (χ1v) is 7.07. The molecule has 0 aromatic carbocycles. The Labute approximate surface area is 123 Å². The van der Waals surface area contributed by atoms with E-state index in [0.717, 1.165) is 0 Å². The summed E-state index contributed by atoms with van der Waals surface area (Å²) in [7, 11) is 0. The Balaban J connectivity index is 6.15. The monoisotopic (exact) mass is 304 g/mol. The second-order valence-corrected chi connectivity index (χ2v) is 5.20. The van der Waals surface area contributed by atoms with Gasteiger partial charge in [0.1, 0.15) is 5.41 Å². The Hall–Kier alpha value is -1.63. The van der Waals surface area contributed by atoms with Gasteiger partial charge in [-0.1, -0.05) is 33.6 Å². The van der Waals surface area contributed by atoms with Gasteiger partial charge in [-0.3, -0.25) is 9.59 Å². The van der Waals surface area contributed by atoms with Gasteiger partial charge in [0.25, 0.3) is 0 Å². The lowest BCUT2D eigenvalue weighted by molar-refractivity contribution is -0.206. The molecule has 0 rings (SSSR count). The van der Waals surface area contributed by atoms with Crippen molar-refractivity contribution in [2.75, 3.05) is 0 Å². The highest BCUT2D eigenvalue weighted by Crippen LogP contribution is 2.45. The van der Waals surface area contributed by atoms with Gasteiger partial charge in [0.2, 0.25) is 0 Å². The summed E-state index contributed by atoms with van der Waals surface area (Å²) in [5.74, 6) is -6.48. The first-order chi connectivity index (χ1) is 9.65. The third-order valence-corrected chi connectivity index (χ3v) is 4.32. The highest BCUT2D eigenvalue weighted by molar-refractivity contribution is 5.93. The minimum absolute atomic E-state index is 0.0936. The molecule has 2 atom stereocenters. The summed E-state index contributed by atoms with van der Waals surface area (Å²) < 4.78 is 0. The van der Waals surface area contributed by atoms with Crippen LogP contribution < -0.4 is 0 Å². The second-order valence-electron chi connectivity index (χ2n) is 5.20. The molecule has 0 aromatic heterocycles. The Morgan fingerprint density at radius 3 is 1.67 bits per heavy atom. The fourth-order valence-electron chi connectivity index (χ4n) is 2.86. The average molecular weight is 304 g/mol. The topological polar surface area (TPSA) is 132 Å². The molecule has 4 N–H and O–H groups in total. The quantitative estimate of drug-likeness (QED) is 0.481. The molecule has 0 aliphatic heterocycles. The van der Waals surface area contributed by atoms with E-state index in [4.69, 9.17) is 0 Å². The SMILES string of the molecule is CCCCC(C(=O)O)C(O)(C(=O)O)C(CC)(CC)C(=O)O. The van der Waals surface area contributed by atoms with Crippen molar-refractivity contribution in [1.29, 1.82) is 0 Å². The van der Waals surface area contributed by atoms with Crippen molar-refractivity contribution in [3.05, 3.63) is 0 Å². The summed E-state index contributed by atoms with van der Waals surface area (Å²) in [6.07, 6.45) is 0.534. The van der Waals surface area contributed by atoms with Crippen LogP contribution in [-0.2, 0) is 14.4 Å². The summed E-state index contributed by atoms with van der Waals surface area (Å²) in [6, 6.07) is 0. The molecule has 0 spiro atoms. The van der Waals surface area contributed by atoms with E-state index in [1.165, 1.54) is 13.8 Å². The molecule has 0 aromatic rings. The number of aliphatic hydroxyl groups is 1. The summed E-state index contributed by atoms with van der Waals surface area (Å²) in [4.78, 5) is 34.7. The van der Waals surface area contributed by atoms with Crippen LogP contribution >= 0.6 is 0 Å². The molecule has 2 unspecified atom stereocenters. The average Bonchev–Trinajstić information content (AvgIpc) is 2.39. The summed E-state index contributed by atoms with van der Waals surface area (Å²) >= 11 is 0. The van der Waals surface area contributed by atoms with Crippen LogP contribution in [0, 0.1) is 11.3 Å². The van der Waals surface area contributed by atoms with E-state index in [1.54, 1.807) is 6.92 Å². The molecule has 0 saturated carbocycles. The molecule has 122 valence electrons. The number of carbonyl (C=O) groups is 3. The molecule has 21 heavy (non-hydrogen) atoms. The number of hydrogen-bond acceptors (Lipinski definition) is 4. The van der Waals surface area contributed by atoms with Gasteiger partial charge in [-0.15, -0.1) is 0 Å². The number of unbranched alkanes of at least 4 members (excludes halogenated alkanes) is 1. The maximum Gasteiger partial charge on any atom is 0.337 e. The lowest BCUT2D eigenvalue weighted by Crippen LogP contribution is -2.63. The van der Waals surface area contributed by atoms with Crippen molar-refractivity contribution < 1.29 is 34.8 Å². The molecule has 0 saturated heterocycles. The Kier molecular flexibility index (Phi) is 6.82. The molecule has 7 heteroatoms. The van der Waals surface area contributed by atoms with E-state index in [2.05, 4.69) is 0 Å². The van der Waals surface area contributed by atoms with Crippen LogP contribution in [0.25, 0.3) is 0 Å². The fraction of sp³-hybridized carbons (Fsp3) is 0.786. The highest BCUT2D eigenvalue weighted by Gasteiger charge is 2.64. The third-order valence-electron chi connectivity index (χ3n) is 4.32. The first kappa shape index (κ1) is 19.4. The van der Waals surface area contributed by atoms with Crippen molar-refractivity contribution in [1.82, 2.24) is 0 Å². The van der Waals surface area contributed by atoms with Gasteiger partial charge in [-0.25, -0.2) is 4.79 Å². The number of carboxylic acid groups (broad SMARTS) is 3. The van der Waals surface area contributed by atoms with Gasteiger partial charge in [0.05, 0.1) is 5.92 Å². The van der Waals surface area contributed by atoms with Crippen molar-refractivity contribution in [3.8, 4) is 0 Å². The minimum Gasteiger partial charge on any atom is -0.481 e. The molecule has 0 radical (unpaired) electrons. The number of rotatable bonds is 10. The standard InChI is InChI=1S/C14H24O7/c1-4-7-8-9(10(15)16)14(21,12(19)20)13(5-2,6-3)11(17)18/h9,21H,4-8H2,1-3H3,(H,15,16)(H,17,18)(H,19,20). The van der Waals surface area contributed by atoms with E-state index < -0.39 is 34.8 Å². The van der Waals surface area contributed by atoms with Crippen LogP contribution in [0.2, 0.25) is 0 Å². The Morgan fingerprint density at radius 2 is 1.43 bits per heavy atom. The van der Waals surface area contributed by atoms with Crippen molar-refractivity contribution in [2.24, 2.45) is 11.3 Å². The zero-order chi connectivity index (χ0) is 16.8. The molecule has 0 heterocycles. The molecular weight excluding hydrogens is 280 g/mol. The van der Waals surface area contributed by atoms with Crippen molar-refractivity contribution in [3.63, 3.8) is 0 Å². The van der Waals surface area contributed by atoms with Crippen LogP contribution in [0.4, 0.5) is 0 Å². The Bertz CT molecular complexity index is 400. The van der Waals surface area contributed by atoms with E-state index in [9.17, 15) is 34.8 Å². The van der Waals surface area contributed by atoms with Gasteiger partial charge < -0.3 is 20.4 Å². The van der Waals surface area contributed by atoms with E-state index in [0.29, 0.717) is 12.8 Å². The number of hydrogen-bond donors (Lipinski definition) is 4. The van der Waals surface area contributed by atoms with Gasteiger partial charge in [0, 0.05) is 0 Å². The maximum absolute atomic E-state index is 11.6. The zero-order valence-corrected chi connectivity index (χ0v) is 12.6. The van der Waals surface area contributed by atoms with Crippen LogP contribution in [0.1, 0.15) is 52.9 Å². The molecule has 0 amide bonds. The van der Waals surface area contributed by atoms with Gasteiger partial charge >= 0.3 is 17.9 Å². The normalized spacial score (nSPS) is 16.0. The van der Waals surface area contributed by atoms with E-state index in [-0.39, 0.29) is 19.3 Å². The van der Waals surface area contributed by atoms with Gasteiger partial charge in [-0.2, -0.15) is 0 Å². The molecule has 0 aliphatic carbocycles. The predicted molar refractivity (Wildman–Crippen MR) is 73.9 cm³/mol. The minimum atomic E-state index is -2.86. The summed E-state index contributed by atoms with van der Waals surface area (Å²) in [5.41, 5.74) is -4.90. The van der Waals surface area contributed by atoms with E-state index in [1.807, 2.05) is 0 Å².